The number of esters is 1. The lowest BCUT2D eigenvalue weighted by atomic mass is 9.97. The highest BCUT2D eigenvalue weighted by Gasteiger charge is 2.35. The van der Waals surface area contributed by atoms with Crippen molar-refractivity contribution in [2.24, 2.45) is 0 Å². The normalized spacial score (nSPS) is 15.7. The summed E-state index contributed by atoms with van der Waals surface area (Å²) in [5, 5.41) is 17.3. The molecular formula is C25H36N4O6. The van der Waals surface area contributed by atoms with Crippen LogP contribution < -0.4 is 10.6 Å². The molecule has 0 aromatic carbocycles. The van der Waals surface area contributed by atoms with Gasteiger partial charge in [-0.2, -0.15) is 0 Å². The van der Waals surface area contributed by atoms with Crippen LogP contribution in [0.1, 0.15) is 76.2 Å². The minimum Gasteiger partial charge on any atom is -0.465 e. The van der Waals surface area contributed by atoms with E-state index in [0.29, 0.717) is 10.9 Å². The van der Waals surface area contributed by atoms with Gasteiger partial charge in [-0.3, -0.25) is 10.1 Å². The molecule has 3 N–H and O–H groups in total. The summed E-state index contributed by atoms with van der Waals surface area (Å²) < 4.78 is 11.6. The first-order valence-electron chi connectivity index (χ1n) is 11.9. The monoisotopic (exact) mass is 488 g/mol. The zero-order valence-corrected chi connectivity index (χ0v) is 21.3. The van der Waals surface area contributed by atoms with E-state index in [1.807, 2.05) is 0 Å². The lowest BCUT2D eigenvalue weighted by Crippen LogP contribution is -2.57. The first kappa shape index (κ1) is 26.6. The summed E-state index contributed by atoms with van der Waals surface area (Å²) in [5.41, 5.74) is -1.10. The Morgan fingerprint density at radius 2 is 1.86 bits per heavy atom. The van der Waals surface area contributed by atoms with E-state index in [1.165, 1.54) is 24.1 Å². The molecular weight excluding hydrogens is 452 g/mol. The van der Waals surface area contributed by atoms with Gasteiger partial charge in [-0.15, -0.1) is 0 Å². The fraction of sp³-hybridized carbons (Fsp3) is 0.600. The van der Waals surface area contributed by atoms with E-state index in [4.69, 9.17) is 9.47 Å². The number of ether oxygens (including phenoxy) is 2. The maximum atomic E-state index is 13.0. The van der Waals surface area contributed by atoms with Crippen molar-refractivity contribution in [3.05, 3.63) is 29.6 Å². The second-order valence-corrected chi connectivity index (χ2v) is 10.5. The Labute approximate surface area is 205 Å². The molecule has 1 amide bonds. The Hall–Kier alpha value is -2.98. The van der Waals surface area contributed by atoms with E-state index in [1.54, 1.807) is 40.7 Å². The van der Waals surface area contributed by atoms with Gasteiger partial charge >= 0.3 is 12.1 Å². The van der Waals surface area contributed by atoms with E-state index < -0.39 is 29.3 Å². The number of hydrogen-bond acceptors (Lipinski definition) is 8. The molecule has 3 rings (SSSR count). The smallest absolute Gasteiger partial charge is 0.420 e. The van der Waals surface area contributed by atoms with E-state index >= 15 is 0 Å². The average molecular weight is 489 g/mol. The quantitative estimate of drug-likeness (QED) is 0.507. The molecule has 0 unspecified atom stereocenters. The number of pyridine rings is 1. The molecule has 2 aromatic heterocycles. The van der Waals surface area contributed by atoms with Gasteiger partial charge in [0.1, 0.15) is 11.6 Å². The Kier molecular flexibility index (Phi) is 7.86. The molecule has 0 bridgehead atoms. The van der Waals surface area contributed by atoms with Crippen LogP contribution in [0.2, 0.25) is 0 Å². The van der Waals surface area contributed by atoms with Crippen LogP contribution in [0.15, 0.2) is 18.5 Å². The number of fused-ring (bicyclic) bond motifs is 1. The number of nitrogens with one attached hydrogen (secondary N) is 2. The molecule has 0 radical (unpaired) electrons. The average Bonchev–Trinajstić information content (AvgIpc) is 3.39. The van der Waals surface area contributed by atoms with Gasteiger partial charge in [-0.05, 0) is 59.1 Å². The van der Waals surface area contributed by atoms with Gasteiger partial charge in [0.05, 0.1) is 18.3 Å². The predicted octanol–water partition coefficient (Wildman–Crippen LogP) is 2.89. The molecule has 192 valence electrons. The Balaban J connectivity index is 1.94. The fourth-order valence-corrected chi connectivity index (χ4v) is 4.31. The van der Waals surface area contributed by atoms with Crippen LogP contribution in [0.25, 0.3) is 11.0 Å². The third kappa shape index (κ3) is 6.37. The van der Waals surface area contributed by atoms with Gasteiger partial charge in [0, 0.05) is 30.4 Å². The number of hydrogen-bond donors (Lipinski definition) is 3. The molecule has 35 heavy (non-hydrogen) atoms. The van der Waals surface area contributed by atoms with E-state index in [-0.39, 0.29) is 29.7 Å². The maximum absolute atomic E-state index is 13.0. The van der Waals surface area contributed by atoms with Crippen LogP contribution in [-0.2, 0) is 20.8 Å². The molecule has 10 heteroatoms. The second-order valence-electron chi connectivity index (χ2n) is 10.5. The molecule has 10 nitrogen and oxygen atoms in total. The summed E-state index contributed by atoms with van der Waals surface area (Å²) in [6.45, 7) is 8.50. The number of methoxy groups -OCH3 is 1. The summed E-state index contributed by atoms with van der Waals surface area (Å²) in [6, 6.07) is 0.897. The molecule has 0 aliphatic heterocycles. The molecule has 1 aliphatic rings. The van der Waals surface area contributed by atoms with E-state index in [2.05, 4.69) is 15.6 Å². The van der Waals surface area contributed by atoms with Gasteiger partial charge in [0.25, 0.3) is 0 Å². The van der Waals surface area contributed by atoms with Crippen LogP contribution >= 0.6 is 0 Å². The third-order valence-electron chi connectivity index (χ3n) is 5.94. The molecule has 1 saturated carbocycles. The van der Waals surface area contributed by atoms with Gasteiger partial charge in [0.2, 0.25) is 5.91 Å². The maximum Gasteiger partial charge on any atom is 0.420 e. The summed E-state index contributed by atoms with van der Waals surface area (Å²) in [7, 11) is 1.25. The van der Waals surface area contributed by atoms with Gasteiger partial charge in [-0.25, -0.2) is 19.1 Å². The number of rotatable bonds is 7. The minimum absolute atomic E-state index is 0.107. The van der Waals surface area contributed by atoms with Crippen molar-refractivity contribution < 1.29 is 29.0 Å². The summed E-state index contributed by atoms with van der Waals surface area (Å²) in [4.78, 5) is 42.7. The van der Waals surface area contributed by atoms with Crippen molar-refractivity contribution in [3.8, 4) is 0 Å². The molecule has 1 fully saturated rings. The zero-order chi connectivity index (χ0) is 26.0. The SMILES string of the molecule is COC(=O)c1cn(C(=O)OC(C)(C)C)c2nccc(CN[C@@H](C(=O)NC3CCCC3)C(C)(C)O)c12. The number of aliphatic hydroxyl groups is 1. The lowest BCUT2D eigenvalue weighted by molar-refractivity contribution is -0.129. The fourth-order valence-electron chi connectivity index (χ4n) is 4.31. The summed E-state index contributed by atoms with van der Waals surface area (Å²) in [6.07, 6.45) is 6.18. The standard InChI is InChI=1S/C25H36N4O6/c1-24(2,3)35-23(32)29-14-17(22(31)34-6)18-15(11-12-26-20(18)29)13-27-19(25(4,5)33)21(30)28-16-9-7-8-10-16/h11-12,14,16,19,27,33H,7-10,13H2,1-6H3,(H,28,30)/t19-/m0/s1. The van der Waals surface area contributed by atoms with Crippen LogP contribution in [0.3, 0.4) is 0 Å². The highest BCUT2D eigenvalue weighted by atomic mass is 16.6. The van der Waals surface area contributed by atoms with Crippen molar-refractivity contribution in [2.45, 2.75) is 90.1 Å². The Morgan fingerprint density at radius 1 is 1.20 bits per heavy atom. The van der Waals surface area contributed by atoms with Gasteiger partial charge < -0.3 is 19.9 Å². The third-order valence-corrected chi connectivity index (χ3v) is 5.94. The van der Waals surface area contributed by atoms with Crippen LogP contribution in [-0.4, -0.2) is 63.0 Å². The predicted molar refractivity (Wildman–Crippen MR) is 130 cm³/mol. The number of nitrogens with zero attached hydrogens (tertiary/aromatic N) is 2. The first-order valence-corrected chi connectivity index (χ1v) is 11.9. The number of amides is 1. The van der Waals surface area contributed by atoms with Crippen molar-refractivity contribution >= 4 is 29.0 Å². The molecule has 0 spiro atoms. The highest BCUT2D eigenvalue weighted by Crippen LogP contribution is 2.26. The Morgan fingerprint density at radius 3 is 2.43 bits per heavy atom. The van der Waals surface area contributed by atoms with E-state index in [0.717, 1.165) is 25.7 Å². The van der Waals surface area contributed by atoms with Crippen LogP contribution in [0.5, 0.6) is 0 Å². The molecule has 2 aromatic rings. The highest BCUT2D eigenvalue weighted by molar-refractivity contribution is 6.06. The molecule has 0 saturated heterocycles. The molecule has 1 atom stereocenters. The van der Waals surface area contributed by atoms with Crippen LogP contribution in [0.4, 0.5) is 4.79 Å². The summed E-state index contributed by atoms with van der Waals surface area (Å²) >= 11 is 0. The lowest BCUT2D eigenvalue weighted by Gasteiger charge is -2.30. The minimum atomic E-state index is -1.34. The largest absolute Gasteiger partial charge is 0.465 e. The molecule has 1 aliphatic carbocycles. The van der Waals surface area contributed by atoms with Gasteiger partial charge in [0.15, 0.2) is 5.65 Å². The van der Waals surface area contributed by atoms with E-state index in [9.17, 15) is 19.5 Å². The van der Waals surface area contributed by atoms with Gasteiger partial charge in [-0.1, -0.05) is 12.8 Å². The Bertz CT molecular complexity index is 1090. The number of carbonyl (C=O) groups excluding carboxylic acids is 3. The van der Waals surface area contributed by atoms with Crippen molar-refractivity contribution in [2.75, 3.05) is 7.11 Å². The summed E-state index contributed by atoms with van der Waals surface area (Å²) in [5.74, 6) is -0.918. The topological polar surface area (TPSA) is 132 Å². The second kappa shape index (κ2) is 10.3. The van der Waals surface area contributed by atoms with Crippen LogP contribution in [0, 0.1) is 0 Å². The van der Waals surface area contributed by atoms with Crippen molar-refractivity contribution in [3.63, 3.8) is 0 Å². The first-order chi connectivity index (χ1) is 16.3. The molecule has 2 heterocycles. The number of aromatic nitrogens is 2. The van der Waals surface area contributed by atoms with Crippen molar-refractivity contribution in [1.29, 1.82) is 0 Å². The number of carbonyl (C=O) groups is 3. The zero-order valence-electron chi connectivity index (χ0n) is 21.3. The van der Waals surface area contributed by atoms with Crippen molar-refractivity contribution in [1.82, 2.24) is 20.2 Å².